The average Bonchev–Trinajstić information content (AvgIpc) is 2.17. The predicted molar refractivity (Wildman–Crippen MR) is 46.2 cm³/mol. The van der Waals surface area contributed by atoms with Gasteiger partial charge >= 0.3 is 0 Å². The molecule has 0 aliphatic heterocycles. The molecule has 3 heteroatoms. The second-order valence-corrected chi connectivity index (χ2v) is 2.63. The van der Waals surface area contributed by atoms with Gasteiger partial charge in [0.1, 0.15) is 0 Å². The lowest BCUT2D eigenvalue weighted by atomic mass is 10.1. The molecule has 1 aromatic rings. The molecule has 0 spiro atoms. The van der Waals surface area contributed by atoms with Gasteiger partial charge in [-0.05, 0) is 6.92 Å². The number of hydrogen-bond acceptors (Lipinski definition) is 3. The van der Waals surface area contributed by atoms with E-state index in [1.54, 1.807) is 12.1 Å². The van der Waals surface area contributed by atoms with Crippen molar-refractivity contribution < 1.29 is 14.4 Å². The Morgan fingerprint density at radius 3 is 2.15 bits per heavy atom. The first-order valence-electron chi connectivity index (χ1n) is 3.68. The van der Waals surface area contributed by atoms with Crippen molar-refractivity contribution in [1.82, 2.24) is 0 Å². The van der Waals surface area contributed by atoms with Crippen LogP contribution in [0.2, 0.25) is 0 Å². The van der Waals surface area contributed by atoms with Gasteiger partial charge in [0.05, 0.1) is 0 Å². The lowest BCUT2D eigenvalue weighted by Crippen LogP contribution is -2.14. The highest BCUT2D eigenvalue weighted by atomic mass is 16.2. The van der Waals surface area contributed by atoms with E-state index >= 15 is 0 Å². The zero-order chi connectivity index (χ0) is 9.84. The van der Waals surface area contributed by atoms with Crippen molar-refractivity contribution in [3.63, 3.8) is 0 Å². The fraction of sp³-hybridized carbons (Fsp3) is 0.100. The van der Waals surface area contributed by atoms with E-state index in [1.165, 1.54) is 12.1 Å². The van der Waals surface area contributed by atoms with E-state index in [0.717, 1.165) is 11.8 Å². The SMILES string of the molecule is Cc1ccc(C(=O)C(=O)[C]=O)cc1. The average molecular weight is 175 g/mol. The van der Waals surface area contributed by atoms with Gasteiger partial charge in [0, 0.05) is 5.56 Å². The van der Waals surface area contributed by atoms with Crippen molar-refractivity contribution in [2.45, 2.75) is 6.92 Å². The van der Waals surface area contributed by atoms with E-state index in [4.69, 9.17) is 0 Å². The molecule has 0 N–H and O–H groups in total. The normalized spacial score (nSPS) is 9.31. The highest BCUT2D eigenvalue weighted by Crippen LogP contribution is 2.03. The smallest absolute Gasteiger partial charge is 0.281 e. The zero-order valence-electron chi connectivity index (χ0n) is 7.03. The third-order valence-corrected chi connectivity index (χ3v) is 1.61. The lowest BCUT2D eigenvalue weighted by Gasteiger charge is -1.95. The maximum atomic E-state index is 11.1. The van der Waals surface area contributed by atoms with E-state index in [0.29, 0.717) is 0 Å². The third-order valence-electron chi connectivity index (χ3n) is 1.61. The molecule has 0 fully saturated rings. The number of rotatable bonds is 3. The second-order valence-electron chi connectivity index (χ2n) is 2.63. The van der Waals surface area contributed by atoms with Crippen LogP contribution >= 0.6 is 0 Å². The Morgan fingerprint density at radius 2 is 1.69 bits per heavy atom. The van der Waals surface area contributed by atoms with Crippen LogP contribution in [-0.4, -0.2) is 17.9 Å². The fourth-order valence-corrected chi connectivity index (χ4v) is 0.882. The summed E-state index contributed by atoms with van der Waals surface area (Å²) in [6, 6.07) is 6.41. The van der Waals surface area contributed by atoms with Gasteiger partial charge in [0.15, 0.2) is 0 Å². The van der Waals surface area contributed by atoms with E-state index in [9.17, 15) is 14.4 Å². The minimum absolute atomic E-state index is 0.221. The van der Waals surface area contributed by atoms with Gasteiger partial charge in [-0.1, -0.05) is 29.8 Å². The molecule has 0 heterocycles. The Balaban J connectivity index is 2.96. The lowest BCUT2D eigenvalue weighted by molar-refractivity contribution is -0.109. The molecular formula is C10H7O3. The van der Waals surface area contributed by atoms with Crippen molar-refractivity contribution in [2.75, 3.05) is 0 Å². The Hall–Kier alpha value is -1.77. The predicted octanol–water partition coefficient (Wildman–Crippen LogP) is 0.857. The van der Waals surface area contributed by atoms with Crippen LogP contribution in [-0.2, 0) is 9.59 Å². The monoisotopic (exact) mass is 175 g/mol. The number of hydrogen-bond donors (Lipinski definition) is 0. The Labute approximate surface area is 75.4 Å². The van der Waals surface area contributed by atoms with Crippen LogP contribution in [0.4, 0.5) is 0 Å². The number of carbonyl (C=O) groups is 2. The first-order valence-corrected chi connectivity index (χ1v) is 3.68. The molecule has 0 aliphatic rings. The van der Waals surface area contributed by atoms with Gasteiger partial charge in [-0.3, -0.25) is 14.4 Å². The Kier molecular flexibility index (Phi) is 2.69. The zero-order valence-corrected chi connectivity index (χ0v) is 7.03. The van der Waals surface area contributed by atoms with Crippen LogP contribution in [0.3, 0.4) is 0 Å². The minimum atomic E-state index is -1.14. The molecule has 1 radical (unpaired) electrons. The molecule has 1 aromatic carbocycles. The van der Waals surface area contributed by atoms with Gasteiger partial charge < -0.3 is 0 Å². The summed E-state index contributed by atoms with van der Waals surface area (Å²) < 4.78 is 0. The van der Waals surface area contributed by atoms with Crippen LogP contribution in [0.5, 0.6) is 0 Å². The van der Waals surface area contributed by atoms with Crippen LogP contribution in [0.15, 0.2) is 24.3 Å². The first-order chi connectivity index (χ1) is 6.15. The van der Waals surface area contributed by atoms with E-state index in [2.05, 4.69) is 0 Å². The molecule has 0 aliphatic carbocycles. The molecule has 13 heavy (non-hydrogen) atoms. The number of Topliss-reactive ketones (excluding diaryl/α,β-unsaturated/α-hetero) is 2. The first kappa shape index (κ1) is 9.32. The molecule has 65 valence electrons. The summed E-state index contributed by atoms with van der Waals surface area (Å²) >= 11 is 0. The number of aryl methyl sites for hydroxylation is 1. The molecule has 0 aromatic heterocycles. The quantitative estimate of drug-likeness (QED) is 0.389. The Morgan fingerprint density at radius 1 is 1.15 bits per heavy atom. The molecule has 0 saturated heterocycles. The Bertz CT molecular complexity index is 349. The second kappa shape index (κ2) is 3.76. The van der Waals surface area contributed by atoms with Crippen molar-refractivity contribution in [3.8, 4) is 0 Å². The highest BCUT2D eigenvalue weighted by Gasteiger charge is 2.15. The fourth-order valence-electron chi connectivity index (χ4n) is 0.882. The number of carbonyl (C=O) groups excluding carboxylic acids is 3. The molecular weight excluding hydrogens is 168 g/mol. The summed E-state index contributed by atoms with van der Waals surface area (Å²) in [6.45, 7) is 1.86. The summed E-state index contributed by atoms with van der Waals surface area (Å²) in [5.41, 5.74) is 1.21. The van der Waals surface area contributed by atoms with Gasteiger partial charge in [-0.25, -0.2) is 0 Å². The standard InChI is InChI=1S/C10H7O3/c1-7-2-4-8(5-3-7)10(13)9(12)6-11/h2-5H,1H3. The topological polar surface area (TPSA) is 51.2 Å². The molecule has 0 saturated carbocycles. The van der Waals surface area contributed by atoms with Gasteiger partial charge in [0.2, 0.25) is 5.78 Å². The van der Waals surface area contributed by atoms with E-state index < -0.39 is 11.6 Å². The minimum Gasteiger partial charge on any atom is -0.285 e. The molecule has 0 unspecified atom stereocenters. The third kappa shape index (κ3) is 2.08. The molecule has 1 rings (SSSR count). The summed E-state index contributed by atoms with van der Waals surface area (Å²) in [5, 5.41) is 0. The van der Waals surface area contributed by atoms with Gasteiger partial charge in [0.25, 0.3) is 12.1 Å². The maximum absolute atomic E-state index is 11.1. The highest BCUT2D eigenvalue weighted by molar-refractivity contribution is 6.61. The van der Waals surface area contributed by atoms with Crippen LogP contribution < -0.4 is 0 Å². The summed E-state index contributed by atoms with van der Waals surface area (Å²) in [7, 11) is 0. The summed E-state index contributed by atoms with van der Waals surface area (Å²) in [4.78, 5) is 31.6. The number of benzene rings is 1. The summed E-state index contributed by atoms with van der Waals surface area (Å²) in [5.74, 6) is -1.95. The van der Waals surface area contributed by atoms with Crippen LogP contribution in [0, 0.1) is 6.92 Å². The number of ketones is 2. The molecule has 0 bridgehead atoms. The van der Waals surface area contributed by atoms with Crippen LogP contribution in [0.25, 0.3) is 0 Å². The largest absolute Gasteiger partial charge is 0.285 e. The van der Waals surface area contributed by atoms with E-state index in [1.807, 2.05) is 6.92 Å². The van der Waals surface area contributed by atoms with E-state index in [-0.39, 0.29) is 5.56 Å². The van der Waals surface area contributed by atoms with Crippen molar-refractivity contribution in [2.24, 2.45) is 0 Å². The van der Waals surface area contributed by atoms with Crippen molar-refractivity contribution in [3.05, 3.63) is 35.4 Å². The van der Waals surface area contributed by atoms with Crippen molar-refractivity contribution >= 4 is 17.9 Å². The molecule has 0 atom stereocenters. The maximum Gasteiger partial charge on any atom is 0.281 e. The summed E-state index contributed by atoms with van der Waals surface area (Å²) in [6.07, 6.45) is 1.04. The van der Waals surface area contributed by atoms with Crippen LogP contribution in [0.1, 0.15) is 15.9 Å². The van der Waals surface area contributed by atoms with Crippen molar-refractivity contribution in [1.29, 1.82) is 0 Å². The van der Waals surface area contributed by atoms with Gasteiger partial charge in [-0.15, -0.1) is 0 Å². The van der Waals surface area contributed by atoms with Gasteiger partial charge in [-0.2, -0.15) is 0 Å². The molecule has 0 amide bonds. The molecule has 3 nitrogen and oxygen atoms in total.